The minimum absolute atomic E-state index is 0.147. The van der Waals surface area contributed by atoms with Gasteiger partial charge in [0.25, 0.3) is 0 Å². The maximum Gasteiger partial charge on any atom is 0.541 e. The summed E-state index contributed by atoms with van der Waals surface area (Å²) in [5, 5.41) is 3.10. The quantitative estimate of drug-likeness (QED) is 0.452. The number of halogens is 3. The summed E-state index contributed by atoms with van der Waals surface area (Å²) in [6.07, 6.45) is 0. The van der Waals surface area contributed by atoms with Gasteiger partial charge >= 0.3 is 7.75 Å². The zero-order valence-electron chi connectivity index (χ0n) is 13.2. The minimum atomic E-state index is -4.04. The second kappa shape index (κ2) is 8.00. The van der Waals surface area contributed by atoms with Crippen LogP contribution in [0.3, 0.4) is 0 Å². The summed E-state index contributed by atoms with van der Waals surface area (Å²) in [6, 6.07) is 18.4. The number of nitrogens with one attached hydrogen (secondary N) is 1. The molecule has 0 amide bonds. The molecule has 3 aromatic carbocycles. The number of anilines is 1. The molecule has 3 aromatic rings. The average Bonchev–Trinajstić information content (AvgIpc) is 2.59. The van der Waals surface area contributed by atoms with Crippen LogP contribution >= 0.6 is 30.9 Å². The molecule has 0 heterocycles. The first kappa shape index (κ1) is 18.6. The van der Waals surface area contributed by atoms with Gasteiger partial charge < -0.3 is 9.05 Å². The predicted molar refractivity (Wildman–Crippen MR) is 102 cm³/mol. The fourth-order valence-electron chi connectivity index (χ4n) is 2.08. The third kappa shape index (κ3) is 4.70. The van der Waals surface area contributed by atoms with Crippen LogP contribution in [0.1, 0.15) is 0 Å². The van der Waals surface area contributed by atoms with Crippen LogP contribution in [0, 0.1) is 5.82 Å². The maximum absolute atomic E-state index is 13.5. The van der Waals surface area contributed by atoms with E-state index in [9.17, 15) is 8.96 Å². The highest BCUT2D eigenvalue weighted by molar-refractivity contribution is 7.56. The molecular weight excluding hydrogens is 399 g/mol. The fraction of sp³-hybridized carbons (Fsp3) is 0. The van der Waals surface area contributed by atoms with Crippen molar-refractivity contribution in [3.05, 3.63) is 88.7 Å². The molecule has 0 saturated heterocycles. The van der Waals surface area contributed by atoms with Crippen molar-refractivity contribution in [2.75, 3.05) is 5.09 Å². The van der Waals surface area contributed by atoms with Crippen molar-refractivity contribution < 1.29 is 18.0 Å². The molecule has 0 radical (unpaired) electrons. The third-order valence-electron chi connectivity index (χ3n) is 3.20. The van der Waals surface area contributed by atoms with Gasteiger partial charge in [-0.25, -0.2) is 8.96 Å². The predicted octanol–water partition coefficient (Wildman–Crippen LogP) is 6.81. The Hall–Kier alpha value is -2.20. The first-order valence-electron chi connectivity index (χ1n) is 7.47. The Labute approximate surface area is 160 Å². The molecule has 134 valence electrons. The first-order chi connectivity index (χ1) is 12.5. The van der Waals surface area contributed by atoms with Crippen LogP contribution in [-0.2, 0) is 4.57 Å². The lowest BCUT2D eigenvalue weighted by atomic mass is 10.3. The zero-order chi connectivity index (χ0) is 18.6. The summed E-state index contributed by atoms with van der Waals surface area (Å²) < 4.78 is 37.9. The molecule has 0 aliphatic carbocycles. The Balaban J connectivity index is 1.96. The Morgan fingerprint density at radius 2 is 1.35 bits per heavy atom. The lowest BCUT2D eigenvalue weighted by molar-refractivity contribution is 0.393. The molecule has 26 heavy (non-hydrogen) atoms. The number of hydrogen-bond donors (Lipinski definition) is 1. The lowest BCUT2D eigenvalue weighted by Gasteiger charge is -2.22. The monoisotopic (exact) mass is 411 g/mol. The van der Waals surface area contributed by atoms with Gasteiger partial charge in [0, 0.05) is 5.69 Å². The van der Waals surface area contributed by atoms with Gasteiger partial charge in [-0.1, -0.05) is 53.5 Å². The molecule has 0 aliphatic heterocycles. The van der Waals surface area contributed by atoms with Gasteiger partial charge in [-0.3, -0.25) is 5.09 Å². The smallest absolute Gasteiger partial charge is 0.399 e. The second-order valence-electron chi connectivity index (χ2n) is 5.16. The Morgan fingerprint density at radius 1 is 0.808 bits per heavy atom. The summed E-state index contributed by atoms with van der Waals surface area (Å²) in [5.41, 5.74) is 0.215. The summed E-state index contributed by atoms with van der Waals surface area (Å²) in [6.45, 7) is 0. The number of benzene rings is 3. The molecule has 0 fully saturated rings. The van der Waals surface area contributed by atoms with E-state index >= 15 is 0 Å². The maximum atomic E-state index is 13.5. The summed E-state index contributed by atoms with van der Waals surface area (Å²) in [7, 11) is -4.04. The van der Waals surface area contributed by atoms with Crippen LogP contribution in [-0.4, -0.2) is 0 Å². The van der Waals surface area contributed by atoms with Crippen LogP contribution in [0.15, 0.2) is 72.8 Å². The third-order valence-corrected chi connectivity index (χ3v) is 5.23. The van der Waals surface area contributed by atoms with E-state index in [4.69, 9.17) is 32.2 Å². The molecule has 4 nitrogen and oxygen atoms in total. The standard InChI is InChI=1S/C18H13Cl2FNO3P/c19-15-8-1-3-10-17(15)24-26(23,22-14-7-5-6-13(21)12-14)25-18-11-4-2-9-16(18)20/h1-12H,(H,22,23). The molecule has 0 aliphatic rings. The van der Waals surface area contributed by atoms with Crippen molar-refractivity contribution in [2.45, 2.75) is 0 Å². The largest absolute Gasteiger partial charge is 0.541 e. The Bertz CT molecular complexity index is 919. The normalized spacial score (nSPS) is 11.0. The molecule has 8 heteroatoms. The molecule has 0 atom stereocenters. The van der Waals surface area contributed by atoms with E-state index in [1.807, 2.05) is 0 Å². The molecular formula is C18H13Cl2FNO3P. The molecule has 0 aromatic heterocycles. The number of para-hydroxylation sites is 2. The van der Waals surface area contributed by atoms with Gasteiger partial charge in [-0.15, -0.1) is 0 Å². The molecule has 0 spiro atoms. The second-order valence-corrected chi connectivity index (χ2v) is 7.56. The van der Waals surface area contributed by atoms with Crippen molar-refractivity contribution in [2.24, 2.45) is 0 Å². The average molecular weight is 412 g/mol. The number of hydrogen-bond acceptors (Lipinski definition) is 3. The van der Waals surface area contributed by atoms with Gasteiger partial charge in [-0.05, 0) is 42.5 Å². The van der Waals surface area contributed by atoms with E-state index in [-0.39, 0.29) is 27.2 Å². The number of rotatable bonds is 6. The Kier molecular flexibility index (Phi) is 5.72. The van der Waals surface area contributed by atoms with Crippen molar-refractivity contribution in [3.8, 4) is 11.5 Å². The fourth-order valence-corrected chi connectivity index (χ4v) is 3.95. The van der Waals surface area contributed by atoms with Gasteiger partial charge in [0.1, 0.15) is 5.82 Å². The van der Waals surface area contributed by atoms with E-state index in [0.29, 0.717) is 0 Å². The molecule has 0 saturated carbocycles. The van der Waals surface area contributed by atoms with Crippen LogP contribution in [0.5, 0.6) is 11.5 Å². The van der Waals surface area contributed by atoms with E-state index in [1.165, 1.54) is 36.4 Å². The summed E-state index contributed by atoms with van der Waals surface area (Å²) in [5.74, 6) is -0.209. The van der Waals surface area contributed by atoms with Crippen LogP contribution in [0.2, 0.25) is 10.0 Å². The summed E-state index contributed by atoms with van der Waals surface area (Å²) >= 11 is 12.2. The molecule has 3 rings (SSSR count). The highest BCUT2D eigenvalue weighted by Gasteiger charge is 2.31. The van der Waals surface area contributed by atoms with Crippen LogP contribution < -0.4 is 14.1 Å². The molecule has 0 bridgehead atoms. The van der Waals surface area contributed by atoms with Crippen molar-refractivity contribution in [3.63, 3.8) is 0 Å². The first-order valence-corrected chi connectivity index (χ1v) is 9.77. The molecule has 1 N–H and O–H groups in total. The SMILES string of the molecule is O=P(Nc1cccc(F)c1)(Oc1ccccc1Cl)Oc1ccccc1Cl. The van der Waals surface area contributed by atoms with Crippen LogP contribution in [0.25, 0.3) is 0 Å². The van der Waals surface area contributed by atoms with Gasteiger partial charge in [0.2, 0.25) is 0 Å². The highest BCUT2D eigenvalue weighted by atomic mass is 35.5. The van der Waals surface area contributed by atoms with E-state index in [1.54, 1.807) is 36.4 Å². The minimum Gasteiger partial charge on any atom is -0.399 e. The van der Waals surface area contributed by atoms with Crippen LogP contribution in [0.4, 0.5) is 10.1 Å². The van der Waals surface area contributed by atoms with E-state index in [0.717, 1.165) is 0 Å². The Morgan fingerprint density at radius 3 is 1.85 bits per heavy atom. The van der Waals surface area contributed by atoms with Gasteiger partial charge in [0.05, 0.1) is 10.0 Å². The summed E-state index contributed by atoms with van der Waals surface area (Å²) in [4.78, 5) is 0. The topological polar surface area (TPSA) is 47.6 Å². The molecule has 0 unspecified atom stereocenters. The van der Waals surface area contributed by atoms with Crippen molar-refractivity contribution >= 4 is 36.6 Å². The highest BCUT2D eigenvalue weighted by Crippen LogP contribution is 2.50. The van der Waals surface area contributed by atoms with Gasteiger partial charge in [-0.2, -0.15) is 0 Å². The van der Waals surface area contributed by atoms with E-state index < -0.39 is 13.6 Å². The van der Waals surface area contributed by atoms with Gasteiger partial charge in [0.15, 0.2) is 11.5 Å². The van der Waals surface area contributed by atoms with Crippen molar-refractivity contribution in [1.82, 2.24) is 0 Å². The zero-order valence-corrected chi connectivity index (χ0v) is 15.6. The lowest BCUT2D eigenvalue weighted by Crippen LogP contribution is -2.10. The van der Waals surface area contributed by atoms with Crippen molar-refractivity contribution in [1.29, 1.82) is 0 Å². The van der Waals surface area contributed by atoms with E-state index in [2.05, 4.69) is 5.09 Å².